The second-order valence-electron chi connectivity index (χ2n) is 6.19. The van der Waals surface area contributed by atoms with Crippen LogP contribution in [0.5, 0.6) is 0 Å². The molecule has 1 aromatic rings. The predicted molar refractivity (Wildman–Crippen MR) is 80.8 cm³/mol. The molecule has 0 saturated carbocycles. The molecule has 1 aromatic carbocycles. The Morgan fingerprint density at radius 3 is 2.75 bits per heavy atom. The monoisotopic (exact) mass is 276 g/mol. The second-order valence-corrected chi connectivity index (χ2v) is 6.19. The lowest BCUT2D eigenvalue weighted by Crippen LogP contribution is -2.47. The first-order valence-corrected chi connectivity index (χ1v) is 7.10. The Kier molecular flexibility index (Phi) is 4.16. The topological polar surface area (TPSA) is 64.3 Å². The number of benzene rings is 1. The number of nitrogens with two attached hydrogens (primary N) is 1. The molecule has 1 heterocycles. The molecule has 0 spiro atoms. The lowest BCUT2D eigenvalue weighted by atomic mass is 9.84. The molecule has 1 fully saturated rings. The van der Waals surface area contributed by atoms with Crippen molar-refractivity contribution in [1.82, 2.24) is 0 Å². The molecule has 20 heavy (non-hydrogen) atoms. The number of rotatable bonds is 3. The van der Waals surface area contributed by atoms with E-state index in [0.29, 0.717) is 19.1 Å². The van der Waals surface area contributed by atoms with Gasteiger partial charge in [-0.15, -0.1) is 0 Å². The third-order valence-corrected chi connectivity index (χ3v) is 4.20. The van der Waals surface area contributed by atoms with Crippen LogP contribution in [0.4, 0.5) is 5.69 Å². The molecule has 0 bridgehead atoms. The van der Waals surface area contributed by atoms with Crippen molar-refractivity contribution >= 4 is 11.6 Å². The van der Waals surface area contributed by atoms with Crippen molar-refractivity contribution in [1.29, 1.82) is 0 Å². The quantitative estimate of drug-likeness (QED) is 0.891. The van der Waals surface area contributed by atoms with E-state index in [4.69, 9.17) is 10.5 Å². The highest BCUT2D eigenvalue weighted by molar-refractivity contribution is 5.97. The van der Waals surface area contributed by atoms with Crippen molar-refractivity contribution in [3.63, 3.8) is 0 Å². The Bertz CT molecular complexity index is 513. The lowest BCUT2D eigenvalue weighted by molar-refractivity contribution is -0.125. The summed E-state index contributed by atoms with van der Waals surface area (Å²) in [5, 5.41) is 3.07. The van der Waals surface area contributed by atoms with E-state index in [1.807, 2.05) is 26.0 Å². The van der Waals surface area contributed by atoms with Crippen LogP contribution in [0.15, 0.2) is 18.2 Å². The van der Waals surface area contributed by atoms with Gasteiger partial charge in [-0.2, -0.15) is 0 Å². The molecule has 0 radical (unpaired) electrons. The molecule has 3 N–H and O–H groups in total. The van der Waals surface area contributed by atoms with Crippen molar-refractivity contribution in [3.8, 4) is 0 Å². The molecule has 1 aliphatic heterocycles. The summed E-state index contributed by atoms with van der Waals surface area (Å²) in [4.78, 5) is 12.6. The highest BCUT2D eigenvalue weighted by Crippen LogP contribution is 2.32. The van der Waals surface area contributed by atoms with Gasteiger partial charge in [-0.3, -0.25) is 4.79 Å². The van der Waals surface area contributed by atoms with Crippen LogP contribution in [-0.4, -0.2) is 25.2 Å². The fourth-order valence-corrected chi connectivity index (χ4v) is 2.52. The first-order valence-electron chi connectivity index (χ1n) is 7.10. The van der Waals surface area contributed by atoms with Crippen LogP contribution >= 0.6 is 0 Å². The van der Waals surface area contributed by atoms with Crippen molar-refractivity contribution in [3.05, 3.63) is 29.3 Å². The summed E-state index contributed by atoms with van der Waals surface area (Å²) < 4.78 is 5.35. The molecule has 2 unspecified atom stereocenters. The van der Waals surface area contributed by atoms with Gasteiger partial charge in [0, 0.05) is 11.7 Å². The van der Waals surface area contributed by atoms with Crippen molar-refractivity contribution in [2.45, 2.75) is 39.7 Å². The van der Waals surface area contributed by atoms with Crippen LogP contribution in [0, 0.1) is 12.3 Å². The number of carbonyl (C=O) groups is 1. The Balaban J connectivity index is 2.28. The molecule has 2 atom stereocenters. The van der Waals surface area contributed by atoms with Gasteiger partial charge in [-0.1, -0.05) is 32.0 Å². The lowest BCUT2D eigenvalue weighted by Gasteiger charge is -2.27. The first kappa shape index (κ1) is 15.0. The Morgan fingerprint density at radius 2 is 2.20 bits per heavy atom. The number of para-hydroxylation sites is 1. The van der Waals surface area contributed by atoms with E-state index in [0.717, 1.165) is 16.8 Å². The van der Waals surface area contributed by atoms with Gasteiger partial charge < -0.3 is 15.8 Å². The van der Waals surface area contributed by atoms with E-state index in [9.17, 15) is 4.79 Å². The van der Waals surface area contributed by atoms with E-state index in [-0.39, 0.29) is 11.9 Å². The average molecular weight is 276 g/mol. The highest BCUT2D eigenvalue weighted by Gasteiger charge is 2.44. The molecular formula is C16H24N2O2. The minimum atomic E-state index is -0.656. The summed E-state index contributed by atoms with van der Waals surface area (Å²) in [7, 11) is 0. The first-order chi connectivity index (χ1) is 9.36. The number of ether oxygens (including phenoxy) is 1. The number of hydrogen-bond donors (Lipinski definition) is 2. The van der Waals surface area contributed by atoms with Crippen LogP contribution in [0.2, 0.25) is 0 Å². The Labute approximate surface area is 120 Å². The molecule has 4 nitrogen and oxygen atoms in total. The smallest absolute Gasteiger partial charge is 0.234 e. The average Bonchev–Trinajstić information content (AvgIpc) is 2.73. The van der Waals surface area contributed by atoms with Crippen molar-refractivity contribution < 1.29 is 9.53 Å². The molecule has 1 aliphatic rings. The second kappa shape index (κ2) is 5.54. The summed E-state index contributed by atoms with van der Waals surface area (Å²) in [6, 6.07) is 5.83. The van der Waals surface area contributed by atoms with Gasteiger partial charge >= 0.3 is 0 Å². The van der Waals surface area contributed by atoms with Crippen LogP contribution in [0.25, 0.3) is 0 Å². The maximum absolute atomic E-state index is 12.6. The number of carbonyl (C=O) groups excluding carboxylic acids is 1. The van der Waals surface area contributed by atoms with E-state index in [2.05, 4.69) is 25.2 Å². The van der Waals surface area contributed by atoms with Crippen LogP contribution < -0.4 is 11.1 Å². The predicted octanol–water partition coefficient (Wildman–Crippen LogP) is 2.42. The summed E-state index contributed by atoms with van der Waals surface area (Å²) in [5.41, 5.74) is 8.49. The summed E-state index contributed by atoms with van der Waals surface area (Å²) in [5.74, 6) is 0.296. The molecule has 1 amide bonds. The van der Waals surface area contributed by atoms with Gasteiger partial charge in [-0.05, 0) is 30.9 Å². The largest absolute Gasteiger partial charge is 0.379 e. The van der Waals surface area contributed by atoms with Gasteiger partial charge in [0.1, 0.15) is 0 Å². The SMILES string of the molecule is Cc1cccc(C(C)C)c1NC(=O)C1(C)COCC1N. The number of aryl methyl sites for hydroxylation is 1. The molecule has 0 aliphatic carbocycles. The molecule has 1 saturated heterocycles. The van der Waals surface area contributed by atoms with Crippen molar-refractivity contribution in [2.24, 2.45) is 11.1 Å². The Morgan fingerprint density at radius 1 is 1.50 bits per heavy atom. The third-order valence-electron chi connectivity index (χ3n) is 4.20. The third kappa shape index (κ3) is 2.58. The zero-order valence-electron chi connectivity index (χ0n) is 12.7. The standard InChI is InChI=1S/C16H24N2O2/c1-10(2)12-7-5-6-11(3)14(12)18-15(19)16(4)9-20-8-13(16)17/h5-7,10,13H,8-9,17H2,1-4H3,(H,18,19). The molecule has 4 heteroatoms. The van der Waals surface area contributed by atoms with E-state index >= 15 is 0 Å². The van der Waals surface area contributed by atoms with Gasteiger partial charge in [0.25, 0.3) is 0 Å². The van der Waals surface area contributed by atoms with Gasteiger partial charge in [0.2, 0.25) is 5.91 Å². The Hall–Kier alpha value is -1.39. The maximum Gasteiger partial charge on any atom is 0.234 e. The van der Waals surface area contributed by atoms with Crippen LogP contribution in [0.3, 0.4) is 0 Å². The van der Waals surface area contributed by atoms with Gasteiger partial charge in [-0.25, -0.2) is 0 Å². The summed E-state index contributed by atoms with van der Waals surface area (Å²) in [6.07, 6.45) is 0. The van der Waals surface area contributed by atoms with Crippen molar-refractivity contribution in [2.75, 3.05) is 18.5 Å². The van der Waals surface area contributed by atoms with Crippen LogP contribution in [-0.2, 0) is 9.53 Å². The van der Waals surface area contributed by atoms with E-state index in [1.54, 1.807) is 0 Å². The minimum Gasteiger partial charge on any atom is -0.379 e. The normalized spacial score (nSPS) is 26.0. The van der Waals surface area contributed by atoms with Gasteiger partial charge in [0.05, 0.1) is 18.6 Å². The molecule has 2 rings (SSSR count). The maximum atomic E-state index is 12.6. The molecule has 110 valence electrons. The zero-order valence-corrected chi connectivity index (χ0v) is 12.7. The fourth-order valence-electron chi connectivity index (χ4n) is 2.52. The fraction of sp³-hybridized carbons (Fsp3) is 0.562. The number of amides is 1. The highest BCUT2D eigenvalue weighted by atomic mass is 16.5. The van der Waals surface area contributed by atoms with E-state index in [1.165, 1.54) is 0 Å². The summed E-state index contributed by atoms with van der Waals surface area (Å²) >= 11 is 0. The summed E-state index contributed by atoms with van der Waals surface area (Å²) in [6.45, 7) is 8.94. The number of anilines is 1. The molecular weight excluding hydrogens is 252 g/mol. The number of nitrogens with one attached hydrogen (secondary N) is 1. The van der Waals surface area contributed by atoms with Gasteiger partial charge in [0.15, 0.2) is 0 Å². The number of hydrogen-bond acceptors (Lipinski definition) is 3. The van der Waals surface area contributed by atoms with Crippen LogP contribution in [0.1, 0.15) is 37.8 Å². The zero-order chi connectivity index (χ0) is 14.9. The molecule has 0 aromatic heterocycles. The van der Waals surface area contributed by atoms with E-state index < -0.39 is 5.41 Å². The minimum absolute atomic E-state index is 0.0568.